The average Bonchev–Trinajstić information content (AvgIpc) is 3.14. The van der Waals surface area contributed by atoms with E-state index in [9.17, 15) is 18.0 Å². The normalized spacial score (nSPS) is 16.5. The van der Waals surface area contributed by atoms with Crippen molar-refractivity contribution in [3.05, 3.63) is 75.8 Å². The molecule has 0 saturated carbocycles. The second-order valence-electron chi connectivity index (χ2n) is 8.01. The van der Waals surface area contributed by atoms with Gasteiger partial charge in [0.1, 0.15) is 9.88 Å². The SMILES string of the molecule is Cc1cccc(C2CCCN(C(=O)c3sc(-c4ccc(C(F)(F)F)cc4)nc3C)C2)c1.O. The maximum absolute atomic E-state index is 13.2. The summed E-state index contributed by atoms with van der Waals surface area (Å²) in [5.74, 6) is 0.255. The lowest BCUT2D eigenvalue weighted by Gasteiger charge is -2.33. The first-order valence-electron chi connectivity index (χ1n) is 10.2. The van der Waals surface area contributed by atoms with E-state index in [-0.39, 0.29) is 11.4 Å². The van der Waals surface area contributed by atoms with Crippen molar-refractivity contribution in [3.63, 3.8) is 0 Å². The molecule has 1 aliphatic heterocycles. The van der Waals surface area contributed by atoms with E-state index in [1.54, 1.807) is 6.92 Å². The number of piperidine rings is 1. The summed E-state index contributed by atoms with van der Waals surface area (Å²) in [6.07, 6.45) is -2.39. The summed E-state index contributed by atoms with van der Waals surface area (Å²) in [6.45, 7) is 5.21. The predicted octanol–water partition coefficient (Wildman–Crippen LogP) is 5.64. The number of carbonyl (C=O) groups is 1. The molecule has 2 aromatic carbocycles. The molecule has 1 aliphatic rings. The minimum atomic E-state index is -4.37. The minimum absolute atomic E-state index is 0. The molecule has 1 atom stereocenters. The van der Waals surface area contributed by atoms with E-state index in [2.05, 4.69) is 36.2 Å². The van der Waals surface area contributed by atoms with Gasteiger partial charge in [0, 0.05) is 24.6 Å². The summed E-state index contributed by atoms with van der Waals surface area (Å²) in [5.41, 5.74) is 2.96. The van der Waals surface area contributed by atoms with Crippen LogP contribution in [0.5, 0.6) is 0 Å². The van der Waals surface area contributed by atoms with E-state index in [1.807, 2.05) is 4.90 Å². The predicted molar refractivity (Wildman–Crippen MR) is 120 cm³/mol. The molecule has 4 rings (SSSR count). The maximum atomic E-state index is 13.2. The molecule has 1 fully saturated rings. The fourth-order valence-corrected chi connectivity index (χ4v) is 5.06. The topological polar surface area (TPSA) is 64.7 Å². The summed E-state index contributed by atoms with van der Waals surface area (Å²) >= 11 is 1.24. The fraction of sp³-hybridized carbons (Fsp3) is 0.333. The summed E-state index contributed by atoms with van der Waals surface area (Å²) in [6, 6.07) is 13.3. The molecule has 32 heavy (non-hydrogen) atoms. The van der Waals surface area contributed by atoms with Gasteiger partial charge in [0.25, 0.3) is 5.91 Å². The van der Waals surface area contributed by atoms with Gasteiger partial charge in [0.05, 0.1) is 11.3 Å². The van der Waals surface area contributed by atoms with E-state index >= 15 is 0 Å². The molecule has 0 radical (unpaired) electrons. The van der Waals surface area contributed by atoms with E-state index in [4.69, 9.17) is 0 Å². The van der Waals surface area contributed by atoms with Gasteiger partial charge >= 0.3 is 6.18 Å². The van der Waals surface area contributed by atoms with Crippen molar-refractivity contribution >= 4 is 17.2 Å². The summed E-state index contributed by atoms with van der Waals surface area (Å²) in [7, 11) is 0. The molecule has 2 N–H and O–H groups in total. The summed E-state index contributed by atoms with van der Waals surface area (Å²) < 4.78 is 38.4. The summed E-state index contributed by atoms with van der Waals surface area (Å²) in [5, 5.41) is 0.557. The van der Waals surface area contributed by atoms with Gasteiger partial charge in [-0.2, -0.15) is 13.2 Å². The first kappa shape index (κ1) is 23.9. The quantitative estimate of drug-likeness (QED) is 0.506. The van der Waals surface area contributed by atoms with Crippen molar-refractivity contribution in [1.82, 2.24) is 9.88 Å². The Morgan fingerprint density at radius 1 is 1.12 bits per heavy atom. The number of thiazole rings is 1. The van der Waals surface area contributed by atoms with Gasteiger partial charge in [0.15, 0.2) is 0 Å². The van der Waals surface area contributed by atoms with Crippen LogP contribution in [0.2, 0.25) is 0 Å². The van der Waals surface area contributed by atoms with Gasteiger partial charge < -0.3 is 10.4 Å². The van der Waals surface area contributed by atoms with Gasteiger partial charge in [0.2, 0.25) is 0 Å². The van der Waals surface area contributed by atoms with E-state index in [1.165, 1.54) is 34.6 Å². The number of alkyl halides is 3. The van der Waals surface area contributed by atoms with Crippen molar-refractivity contribution in [2.24, 2.45) is 0 Å². The highest BCUT2D eigenvalue weighted by Crippen LogP contribution is 2.34. The van der Waals surface area contributed by atoms with Gasteiger partial charge in [-0.1, -0.05) is 42.0 Å². The molecule has 8 heteroatoms. The number of amides is 1. The van der Waals surface area contributed by atoms with Crippen molar-refractivity contribution in [2.75, 3.05) is 13.1 Å². The number of hydrogen-bond acceptors (Lipinski definition) is 3. The van der Waals surface area contributed by atoms with Crippen molar-refractivity contribution in [2.45, 2.75) is 38.8 Å². The summed E-state index contributed by atoms with van der Waals surface area (Å²) in [4.78, 5) is 20.1. The number of rotatable bonds is 3. The first-order valence-corrected chi connectivity index (χ1v) is 11.0. The number of aryl methyl sites for hydroxylation is 2. The molecule has 2 heterocycles. The van der Waals surface area contributed by atoms with Crippen LogP contribution in [0.4, 0.5) is 13.2 Å². The van der Waals surface area contributed by atoms with E-state index in [0.29, 0.717) is 40.1 Å². The van der Waals surface area contributed by atoms with Crippen LogP contribution < -0.4 is 0 Å². The third-order valence-electron chi connectivity index (χ3n) is 5.67. The van der Waals surface area contributed by atoms with Gasteiger partial charge in [-0.15, -0.1) is 11.3 Å². The third kappa shape index (κ3) is 5.02. The molecule has 0 spiro atoms. The van der Waals surface area contributed by atoms with Crippen LogP contribution >= 0.6 is 11.3 Å². The second kappa shape index (κ2) is 9.42. The zero-order valence-electron chi connectivity index (χ0n) is 17.9. The van der Waals surface area contributed by atoms with Crippen LogP contribution in [0.15, 0.2) is 48.5 Å². The highest BCUT2D eigenvalue weighted by atomic mass is 32.1. The lowest BCUT2D eigenvalue weighted by atomic mass is 9.90. The standard InChI is InChI=1S/C24H23F3N2OS.H2O/c1-15-5-3-6-18(13-15)19-7-4-12-29(14-19)23(30)21-16(2)28-22(31-21)17-8-10-20(11-9-17)24(25,26)27;/h3,5-6,8-11,13,19H,4,7,12,14H2,1-2H3;1H2. The Labute approximate surface area is 189 Å². The number of benzene rings is 2. The molecule has 1 unspecified atom stereocenters. The molecule has 4 nitrogen and oxygen atoms in total. The van der Waals surface area contributed by atoms with Crippen molar-refractivity contribution in [3.8, 4) is 10.6 Å². The molecule has 0 bridgehead atoms. The fourth-order valence-electron chi connectivity index (χ4n) is 4.02. The van der Waals surface area contributed by atoms with Crippen molar-refractivity contribution < 1.29 is 23.4 Å². The Morgan fingerprint density at radius 2 is 1.84 bits per heavy atom. The number of hydrogen-bond donors (Lipinski definition) is 0. The Morgan fingerprint density at radius 3 is 2.50 bits per heavy atom. The Kier molecular flexibility index (Phi) is 7.05. The van der Waals surface area contributed by atoms with Crippen LogP contribution in [0.25, 0.3) is 10.6 Å². The third-order valence-corrected chi connectivity index (χ3v) is 6.87. The number of carbonyl (C=O) groups excluding carboxylic acids is 1. The number of halogens is 3. The molecule has 1 aromatic heterocycles. The zero-order chi connectivity index (χ0) is 22.2. The van der Waals surface area contributed by atoms with Crippen LogP contribution in [-0.2, 0) is 6.18 Å². The van der Waals surface area contributed by atoms with Crippen LogP contribution in [0, 0.1) is 13.8 Å². The van der Waals surface area contributed by atoms with Crippen LogP contribution in [-0.4, -0.2) is 34.4 Å². The number of nitrogens with zero attached hydrogens (tertiary/aromatic N) is 2. The largest absolute Gasteiger partial charge is 0.416 e. The van der Waals surface area contributed by atoms with Crippen LogP contribution in [0.3, 0.4) is 0 Å². The smallest absolute Gasteiger partial charge is 0.412 e. The van der Waals surface area contributed by atoms with Gasteiger partial charge in [-0.3, -0.25) is 4.79 Å². The minimum Gasteiger partial charge on any atom is -0.412 e. The maximum Gasteiger partial charge on any atom is 0.416 e. The Bertz CT molecular complexity index is 1090. The average molecular weight is 463 g/mol. The lowest BCUT2D eigenvalue weighted by Crippen LogP contribution is -2.39. The van der Waals surface area contributed by atoms with Gasteiger partial charge in [-0.25, -0.2) is 4.98 Å². The van der Waals surface area contributed by atoms with E-state index in [0.717, 1.165) is 25.0 Å². The zero-order valence-corrected chi connectivity index (χ0v) is 18.7. The molecule has 1 saturated heterocycles. The highest BCUT2D eigenvalue weighted by molar-refractivity contribution is 7.17. The van der Waals surface area contributed by atoms with Gasteiger partial charge in [-0.05, 0) is 44.4 Å². The molecular weight excluding hydrogens is 437 g/mol. The van der Waals surface area contributed by atoms with Crippen LogP contribution in [0.1, 0.15) is 50.8 Å². The number of aromatic nitrogens is 1. The molecule has 170 valence electrons. The first-order chi connectivity index (χ1) is 14.7. The Hall–Kier alpha value is -2.71. The second-order valence-corrected chi connectivity index (χ2v) is 9.01. The van der Waals surface area contributed by atoms with E-state index < -0.39 is 11.7 Å². The monoisotopic (exact) mass is 462 g/mol. The lowest BCUT2D eigenvalue weighted by molar-refractivity contribution is -0.137. The molecule has 0 aliphatic carbocycles. The Balaban J connectivity index is 0.00000289. The molecule has 1 amide bonds. The molecule has 3 aromatic rings. The van der Waals surface area contributed by atoms with Crippen molar-refractivity contribution in [1.29, 1.82) is 0 Å². The number of likely N-dealkylation sites (tertiary alicyclic amines) is 1. The molecular formula is C24H25F3N2O2S. The highest BCUT2D eigenvalue weighted by Gasteiger charge is 2.31.